The van der Waals surface area contributed by atoms with Crippen molar-refractivity contribution in [2.45, 2.75) is 70.4 Å². The predicted molar refractivity (Wildman–Crippen MR) is 158 cm³/mol. The van der Waals surface area contributed by atoms with Crippen molar-refractivity contribution < 1.29 is 4.79 Å². The number of amides is 1. The normalized spacial score (nSPS) is 26.0. The zero-order valence-corrected chi connectivity index (χ0v) is 23.2. The Morgan fingerprint density at radius 1 is 0.947 bits per heavy atom. The van der Waals surface area contributed by atoms with Gasteiger partial charge in [0.25, 0.3) is 5.91 Å². The molecule has 1 aliphatic heterocycles. The zero-order chi connectivity index (χ0) is 26.5. The molecule has 0 radical (unpaired) electrons. The third-order valence-corrected chi connectivity index (χ3v) is 9.08. The first-order valence-electron chi connectivity index (χ1n) is 14.6. The van der Waals surface area contributed by atoms with Gasteiger partial charge in [0.15, 0.2) is 0 Å². The average molecular weight is 507 g/mol. The van der Waals surface area contributed by atoms with Crippen LogP contribution in [0.25, 0.3) is 6.08 Å². The second kappa shape index (κ2) is 11.7. The van der Waals surface area contributed by atoms with Gasteiger partial charge < -0.3 is 10.2 Å². The maximum atomic E-state index is 12.6. The number of rotatable bonds is 5. The molecule has 2 aliphatic carbocycles. The van der Waals surface area contributed by atoms with E-state index in [9.17, 15) is 4.79 Å². The van der Waals surface area contributed by atoms with Gasteiger partial charge in [-0.15, -0.1) is 0 Å². The Balaban J connectivity index is 0.00000144. The summed E-state index contributed by atoms with van der Waals surface area (Å²) >= 11 is 0. The number of benzene rings is 3. The summed E-state index contributed by atoms with van der Waals surface area (Å²) in [6, 6.07) is 28.1. The van der Waals surface area contributed by atoms with Crippen molar-refractivity contribution in [3.63, 3.8) is 0 Å². The molecule has 3 aliphatic rings. The molecule has 3 heteroatoms. The lowest BCUT2D eigenvalue weighted by atomic mass is 9.68. The van der Waals surface area contributed by atoms with Gasteiger partial charge in [-0.1, -0.05) is 99.7 Å². The number of hydrogen-bond acceptors (Lipinski definition) is 2. The summed E-state index contributed by atoms with van der Waals surface area (Å²) in [7, 11) is 0. The van der Waals surface area contributed by atoms with E-state index in [0.717, 1.165) is 11.1 Å². The molecule has 198 valence electrons. The second-order valence-corrected chi connectivity index (χ2v) is 11.1. The third-order valence-electron chi connectivity index (χ3n) is 9.08. The molecule has 0 bridgehead atoms. The van der Waals surface area contributed by atoms with Crippen LogP contribution < -0.4 is 5.32 Å². The van der Waals surface area contributed by atoms with Crippen LogP contribution >= 0.6 is 0 Å². The molecule has 1 amide bonds. The SMILES string of the molecule is CC.C[C@H]1CN(C2CCC(c3ccc(C(=O)NCc4ccccc4)cc3)C2)CCC12C=Cc1ccccc12. The Labute approximate surface area is 229 Å². The molecule has 38 heavy (non-hydrogen) atoms. The summed E-state index contributed by atoms with van der Waals surface area (Å²) in [4.78, 5) is 15.4. The van der Waals surface area contributed by atoms with E-state index in [0.29, 0.717) is 24.4 Å². The van der Waals surface area contributed by atoms with Gasteiger partial charge in [-0.3, -0.25) is 4.79 Å². The van der Waals surface area contributed by atoms with E-state index in [1.807, 2.05) is 56.3 Å². The van der Waals surface area contributed by atoms with Crippen molar-refractivity contribution in [1.82, 2.24) is 10.2 Å². The van der Waals surface area contributed by atoms with Crippen LogP contribution in [0.4, 0.5) is 0 Å². The molecule has 3 aromatic rings. The summed E-state index contributed by atoms with van der Waals surface area (Å²) in [5.41, 5.74) is 6.41. The molecule has 6 rings (SSSR count). The Morgan fingerprint density at radius 2 is 1.68 bits per heavy atom. The molecule has 0 aromatic heterocycles. The quantitative estimate of drug-likeness (QED) is 0.387. The second-order valence-electron chi connectivity index (χ2n) is 11.1. The van der Waals surface area contributed by atoms with Crippen LogP contribution in [0.2, 0.25) is 0 Å². The number of likely N-dealkylation sites (tertiary alicyclic amines) is 1. The standard InChI is InChI=1S/C33H36N2O.C2H6/c1-24-23-35(20-19-33(24)18-17-27-9-5-6-10-31(27)33)30-16-15-29(21-30)26-11-13-28(14-12-26)32(36)34-22-25-7-3-2-4-8-25;1-2/h2-14,17-18,24,29-30H,15-16,19-23H2,1H3,(H,34,36);1-2H3/t24-,29?,30?,33?;/m0./s1. The Hall–Kier alpha value is -3.17. The highest BCUT2D eigenvalue weighted by Crippen LogP contribution is 2.48. The molecule has 1 heterocycles. The number of nitrogens with one attached hydrogen (secondary N) is 1. The molecule has 4 atom stereocenters. The van der Waals surface area contributed by atoms with Crippen LogP contribution in [-0.4, -0.2) is 29.9 Å². The van der Waals surface area contributed by atoms with Gasteiger partial charge in [0.2, 0.25) is 0 Å². The Bertz CT molecular complexity index is 1250. The van der Waals surface area contributed by atoms with E-state index in [4.69, 9.17) is 0 Å². The van der Waals surface area contributed by atoms with Gasteiger partial charge in [0, 0.05) is 30.1 Å². The fraction of sp³-hybridized carbons (Fsp3) is 0.400. The number of allylic oxidation sites excluding steroid dienone is 1. The van der Waals surface area contributed by atoms with E-state index in [1.165, 1.54) is 55.5 Å². The molecule has 3 aromatic carbocycles. The van der Waals surface area contributed by atoms with E-state index in [-0.39, 0.29) is 11.3 Å². The van der Waals surface area contributed by atoms with Gasteiger partial charge in [-0.05, 0) is 78.5 Å². The molecule has 1 N–H and O–H groups in total. The summed E-state index contributed by atoms with van der Waals surface area (Å²) in [6.45, 7) is 9.37. The molecule has 1 spiro atoms. The monoisotopic (exact) mass is 506 g/mol. The van der Waals surface area contributed by atoms with Gasteiger partial charge in [0.05, 0.1) is 0 Å². The van der Waals surface area contributed by atoms with Crippen molar-refractivity contribution in [3.8, 4) is 0 Å². The topological polar surface area (TPSA) is 32.3 Å². The lowest BCUT2D eigenvalue weighted by Gasteiger charge is -2.46. The molecule has 3 unspecified atom stereocenters. The first-order valence-corrected chi connectivity index (χ1v) is 14.6. The Morgan fingerprint density at radius 3 is 2.45 bits per heavy atom. The summed E-state index contributed by atoms with van der Waals surface area (Å²) in [5.74, 6) is 1.21. The number of hydrogen-bond donors (Lipinski definition) is 1. The fourth-order valence-electron chi connectivity index (χ4n) is 6.93. The first kappa shape index (κ1) is 26.4. The van der Waals surface area contributed by atoms with Crippen LogP contribution in [0.5, 0.6) is 0 Å². The lowest BCUT2D eigenvalue weighted by Crippen LogP contribution is -2.50. The van der Waals surface area contributed by atoms with Crippen LogP contribution in [0.15, 0.2) is 84.9 Å². The Kier molecular flexibility index (Phi) is 8.14. The summed E-state index contributed by atoms with van der Waals surface area (Å²) in [5, 5.41) is 3.03. The minimum Gasteiger partial charge on any atom is -0.348 e. The average Bonchev–Trinajstić information content (AvgIpc) is 3.62. The number of piperidine rings is 1. The highest BCUT2D eigenvalue weighted by Gasteiger charge is 2.45. The van der Waals surface area contributed by atoms with Crippen molar-refractivity contribution in [3.05, 3.63) is 113 Å². The van der Waals surface area contributed by atoms with E-state index in [1.54, 1.807) is 0 Å². The molecular formula is C35H42N2O. The third kappa shape index (κ3) is 5.22. The molecule has 3 nitrogen and oxygen atoms in total. The lowest BCUT2D eigenvalue weighted by molar-refractivity contribution is 0.0898. The first-order chi connectivity index (χ1) is 18.6. The predicted octanol–water partition coefficient (Wildman–Crippen LogP) is 7.59. The number of carbonyl (C=O) groups is 1. The fourth-order valence-corrected chi connectivity index (χ4v) is 6.93. The molecular weight excluding hydrogens is 464 g/mol. The zero-order valence-electron chi connectivity index (χ0n) is 23.2. The van der Waals surface area contributed by atoms with Crippen molar-refractivity contribution in [1.29, 1.82) is 0 Å². The van der Waals surface area contributed by atoms with E-state index in [2.05, 4.69) is 65.7 Å². The highest BCUT2D eigenvalue weighted by molar-refractivity contribution is 5.94. The molecule has 2 fully saturated rings. The minimum atomic E-state index is -0.00605. The smallest absolute Gasteiger partial charge is 0.251 e. The van der Waals surface area contributed by atoms with Gasteiger partial charge in [0.1, 0.15) is 0 Å². The van der Waals surface area contributed by atoms with Gasteiger partial charge in [-0.25, -0.2) is 0 Å². The van der Waals surface area contributed by atoms with Crippen molar-refractivity contribution in [2.75, 3.05) is 13.1 Å². The van der Waals surface area contributed by atoms with Crippen molar-refractivity contribution in [2.24, 2.45) is 5.92 Å². The molecule has 1 saturated heterocycles. The van der Waals surface area contributed by atoms with Crippen LogP contribution in [0.3, 0.4) is 0 Å². The van der Waals surface area contributed by atoms with Gasteiger partial charge >= 0.3 is 0 Å². The summed E-state index contributed by atoms with van der Waals surface area (Å²) in [6.07, 6.45) is 9.80. The number of carbonyl (C=O) groups excluding carboxylic acids is 1. The van der Waals surface area contributed by atoms with Crippen LogP contribution in [0.1, 0.15) is 85.0 Å². The van der Waals surface area contributed by atoms with E-state index < -0.39 is 0 Å². The number of fused-ring (bicyclic) bond motifs is 2. The summed E-state index contributed by atoms with van der Waals surface area (Å²) < 4.78 is 0. The van der Waals surface area contributed by atoms with Gasteiger partial charge in [-0.2, -0.15) is 0 Å². The van der Waals surface area contributed by atoms with Crippen molar-refractivity contribution >= 4 is 12.0 Å². The highest BCUT2D eigenvalue weighted by atomic mass is 16.1. The number of nitrogens with zero attached hydrogens (tertiary/aromatic N) is 1. The van der Waals surface area contributed by atoms with Crippen LogP contribution in [0, 0.1) is 5.92 Å². The van der Waals surface area contributed by atoms with E-state index >= 15 is 0 Å². The maximum absolute atomic E-state index is 12.6. The maximum Gasteiger partial charge on any atom is 0.251 e. The molecule has 1 saturated carbocycles. The minimum absolute atomic E-state index is 0.00605. The van der Waals surface area contributed by atoms with Crippen LogP contribution in [-0.2, 0) is 12.0 Å². The largest absolute Gasteiger partial charge is 0.348 e.